The van der Waals surface area contributed by atoms with Gasteiger partial charge in [0.25, 0.3) is 5.56 Å². The third kappa shape index (κ3) is 3.21. The lowest BCUT2D eigenvalue weighted by Crippen LogP contribution is -2.49. The molecule has 1 amide bonds. The maximum absolute atomic E-state index is 12.4. The summed E-state index contributed by atoms with van der Waals surface area (Å²) in [5.74, 6) is 0.376. The summed E-state index contributed by atoms with van der Waals surface area (Å²) in [7, 11) is 0. The van der Waals surface area contributed by atoms with Crippen molar-refractivity contribution >= 4 is 5.91 Å². The van der Waals surface area contributed by atoms with E-state index in [2.05, 4.69) is 4.98 Å². The predicted octanol–water partition coefficient (Wildman–Crippen LogP) is 1.15. The second-order valence-electron chi connectivity index (χ2n) is 6.46. The first kappa shape index (κ1) is 15.2. The third-order valence-corrected chi connectivity index (χ3v) is 4.50. The first-order valence-electron chi connectivity index (χ1n) is 8.02. The summed E-state index contributed by atoms with van der Waals surface area (Å²) in [6.45, 7) is 5.11. The summed E-state index contributed by atoms with van der Waals surface area (Å²) in [5, 5.41) is 0. The molecular weight excluding hydrogens is 282 g/mol. The van der Waals surface area contributed by atoms with Crippen LogP contribution in [0.1, 0.15) is 44.7 Å². The van der Waals surface area contributed by atoms with Crippen LogP contribution < -0.4 is 5.56 Å². The summed E-state index contributed by atoms with van der Waals surface area (Å²) in [5.41, 5.74) is 0.730. The van der Waals surface area contributed by atoms with E-state index in [1.54, 1.807) is 11.0 Å². The van der Waals surface area contributed by atoms with Gasteiger partial charge in [0, 0.05) is 25.1 Å². The van der Waals surface area contributed by atoms with E-state index >= 15 is 0 Å². The van der Waals surface area contributed by atoms with Crippen LogP contribution in [0.25, 0.3) is 0 Å². The number of amides is 1. The van der Waals surface area contributed by atoms with Gasteiger partial charge in [-0.3, -0.25) is 14.2 Å². The highest BCUT2D eigenvalue weighted by Crippen LogP contribution is 2.34. The van der Waals surface area contributed by atoms with Gasteiger partial charge in [0.05, 0.1) is 24.2 Å². The number of ether oxygens (including phenoxy) is 1. The van der Waals surface area contributed by atoms with E-state index in [1.165, 1.54) is 17.3 Å². The molecule has 3 rings (SSSR count). The fourth-order valence-electron chi connectivity index (χ4n) is 3.11. The van der Waals surface area contributed by atoms with Crippen LogP contribution in [0.4, 0.5) is 0 Å². The molecule has 1 aromatic heterocycles. The molecule has 2 fully saturated rings. The number of aromatic nitrogens is 2. The molecule has 0 bridgehead atoms. The summed E-state index contributed by atoms with van der Waals surface area (Å²) >= 11 is 0. The highest BCUT2D eigenvalue weighted by atomic mass is 16.5. The van der Waals surface area contributed by atoms with Crippen LogP contribution >= 0.6 is 0 Å². The van der Waals surface area contributed by atoms with Gasteiger partial charge in [0.1, 0.15) is 6.54 Å². The maximum Gasteiger partial charge on any atom is 0.254 e. The van der Waals surface area contributed by atoms with E-state index in [9.17, 15) is 9.59 Å². The molecule has 6 nitrogen and oxygen atoms in total. The van der Waals surface area contributed by atoms with Gasteiger partial charge in [-0.15, -0.1) is 0 Å². The van der Waals surface area contributed by atoms with Gasteiger partial charge in [-0.1, -0.05) is 6.42 Å². The lowest BCUT2D eigenvalue weighted by Gasteiger charge is -2.35. The minimum Gasteiger partial charge on any atom is -0.372 e. The average Bonchev–Trinajstić information content (AvgIpc) is 2.38. The van der Waals surface area contributed by atoms with Gasteiger partial charge in [-0.05, 0) is 26.7 Å². The molecule has 1 saturated carbocycles. The van der Waals surface area contributed by atoms with E-state index in [4.69, 9.17) is 4.74 Å². The maximum atomic E-state index is 12.4. The minimum atomic E-state index is -0.139. The molecule has 1 aromatic rings. The van der Waals surface area contributed by atoms with Crippen molar-refractivity contribution in [2.24, 2.45) is 0 Å². The number of carbonyl (C=O) groups is 1. The summed E-state index contributed by atoms with van der Waals surface area (Å²) in [6.07, 6.45) is 5.01. The molecule has 120 valence electrons. The van der Waals surface area contributed by atoms with Gasteiger partial charge in [0.15, 0.2) is 0 Å². The van der Waals surface area contributed by atoms with Gasteiger partial charge in [0.2, 0.25) is 5.91 Å². The van der Waals surface area contributed by atoms with Crippen molar-refractivity contribution in [1.29, 1.82) is 0 Å². The number of carbonyl (C=O) groups excluding carboxylic acids is 1. The second-order valence-corrected chi connectivity index (χ2v) is 6.46. The second kappa shape index (κ2) is 6.20. The van der Waals surface area contributed by atoms with Crippen molar-refractivity contribution in [2.75, 3.05) is 13.1 Å². The zero-order valence-corrected chi connectivity index (χ0v) is 13.2. The van der Waals surface area contributed by atoms with Crippen LogP contribution in [0.5, 0.6) is 0 Å². The van der Waals surface area contributed by atoms with Crippen molar-refractivity contribution in [1.82, 2.24) is 14.5 Å². The fraction of sp³-hybridized carbons (Fsp3) is 0.688. The average molecular weight is 305 g/mol. The Hall–Kier alpha value is -1.69. The van der Waals surface area contributed by atoms with Crippen LogP contribution in [-0.2, 0) is 16.1 Å². The summed E-state index contributed by atoms with van der Waals surface area (Å²) in [4.78, 5) is 30.7. The first-order chi connectivity index (χ1) is 10.5. The van der Waals surface area contributed by atoms with Crippen molar-refractivity contribution in [3.63, 3.8) is 0 Å². The fourth-order valence-corrected chi connectivity index (χ4v) is 3.11. The number of hydrogen-bond donors (Lipinski definition) is 0. The van der Waals surface area contributed by atoms with Crippen LogP contribution in [0.15, 0.2) is 17.2 Å². The Bertz CT molecular complexity index is 599. The Labute approximate surface area is 130 Å². The number of morpholine rings is 1. The molecule has 6 heteroatoms. The first-order valence-corrected chi connectivity index (χ1v) is 8.02. The molecule has 0 aromatic carbocycles. The Morgan fingerprint density at radius 1 is 1.32 bits per heavy atom. The van der Waals surface area contributed by atoms with Gasteiger partial charge >= 0.3 is 0 Å². The van der Waals surface area contributed by atoms with Crippen molar-refractivity contribution in [3.8, 4) is 0 Å². The predicted molar refractivity (Wildman–Crippen MR) is 81.7 cm³/mol. The zero-order valence-electron chi connectivity index (χ0n) is 13.2. The topological polar surface area (TPSA) is 64.4 Å². The highest BCUT2D eigenvalue weighted by molar-refractivity contribution is 5.76. The smallest absolute Gasteiger partial charge is 0.254 e. The molecule has 1 aliphatic carbocycles. The van der Waals surface area contributed by atoms with Crippen LogP contribution in [-0.4, -0.2) is 45.7 Å². The Morgan fingerprint density at radius 3 is 2.55 bits per heavy atom. The van der Waals surface area contributed by atoms with Gasteiger partial charge in [-0.2, -0.15) is 0 Å². The lowest BCUT2D eigenvalue weighted by atomic mass is 9.83. The molecule has 0 unspecified atom stereocenters. The van der Waals surface area contributed by atoms with Crippen molar-refractivity contribution in [3.05, 3.63) is 28.4 Å². The molecule has 2 aliphatic rings. The molecule has 0 radical (unpaired) electrons. The largest absolute Gasteiger partial charge is 0.372 e. The number of rotatable bonds is 3. The molecule has 1 aliphatic heterocycles. The minimum absolute atomic E-state index is 0.0311. The standard InChI is InChI=1S/C16H23N3O3/c1-11-7-18(8-12(2)22-11)16(21)9-19-10-17-14(6-15(19)20)13-4-3-5-13/h6,10-13H,3-5,7-9H2,1-2H3/t11-,12-/m0/s1. The molecular formula is C16H23N3O3. The van der Waals surface area contributed by atoms with E-state index in [-0.39, 0.29) is 30.2 Å². The zero-order chi connectivity index (χ0) is 15.7. The van der Waals surface area contributed by atoms with E-state index in [1.807, 2.05) is 13.8 Å². The third-order valence-electron chi connectivity index (χ3n) is 4.50. The quantitative estimate of drug-likeness (QED) is 0.840. The lowest BCUT2D eigenvalue weighted by molar-refractivity contribution is -0.143. The van der Waals surface area contributed by atoms with E-state index in [0.29, 0.717) is 19.0 Å². The van der Waals surface area contributed by atoms with Crippen LogP contribution in [0.3, 0.4) is 0 Å². The Kier molecular flexibility index (Phi) is 4.29. The SMILES string of the molecule is C[C@H]1CN(C(=O)Cn2cnc(C3CCC3)cc2=O)C[C@H](C)O1. The van der Waals surface area contributed by atoms with Crippen LogP contribution in [0, 0.1) is 0 Å². The van der Waals surface area contributed by atoms with Crippen molar-refractivity contribution in [2.45, 2.75) is 57.8 Å². The number of nitrogens with zero attached hydrogens (tertiary/aromatic N) is 3. The van der Waals surface area contributed by atoms with E-state index in [0.717, 1.165) is 18.5 Å². The van der Waals surface area contributed by atoms with Crippen LogP contribution in [0.2, 0.25) is 0 Å². The van der Waals surface area contributed by atoms with Gasteiger partial charge < -0.3 is 9.64 Å². The molecule has 1 saturated heterocycles. The highest BCUT2D eigenvalue weighted by Gasteiger charge is 2.26. The summed E-state index contributed by atoms with van der Waals surface area (Å²) in [6, 6.07) is 1.58. The Balaban J connectivity index is 1.67. The van der Waals surface area contributed by atoms with Crippen molar-refractivity contribution < 1.29 is 9.53 Å². The monoisotopic (exact) mass is 305 g/mol. The number of hydrogen-bond acceptors (Lipinski definition) is 4. The van der Waals surface area contributed by atoms with Gasteiger partial charge in [-0.25, -0.2) is 4.98 Å². The normalized spacial score (nSPS) is 25.8. The molecule has 22 heavy (non-hydrogen) atoms. The molecule has 0 spiro atoms. The Morgan fingerprint density at radius 2 is 2.00 bits per heavy atom. The molecule has 2 atom stereocenters. The molecule has 2 heterocycles. The molecule has 0 N–H and O–H groups in total. The summed E-state index contributed by atoms with van der Waals surface area (Å²) < 4.78 is 7.02. The van der Waals surface area contributed by atoms with E-state index < -0.39 is 0 Å².